The van der Waals surface area contributed by atoms with Crippen molar-refractivity contribution in [3.63, 3.8) is 0 Å². The highest BCUT2D eigenvalue weighted by molar-refractivity contribution is 6.24. The van der Waals surface area contributed by atoms with Gasteiger partial charge in [-0.3, -0.25) is 14.4 Å². The molecule has 8 heteroatoms. The van der Waals surface area contributed by atoms with E-state index in [-0.39, 0.29) is 17.2 Å². The van der Waals surface area contributed by atoms with E-state index in [0.717, 1.165) is 4.90 Å². The van der Waals surface area contributed by atoms with Gasteiger partial charge < -0.3 is 10.2 Å². The number of phenols is 2. The fourth-order valence-corrected chi connectivity index (χ4v) is 4.15. The van der Waals surface area contributed by atoms with Crippen LogP contribution in [0, 0.1) is 11.7 Å². The minimum Gasteiger partial charge on any atom is -0.504 e. The molecular formula is C23H17FN2O5. The van der Waals surface area contributed by atoms with Gasteiger partial charge in [0.15, 0.2) is 17.6 Å². The number of amides is 2. The maximum atomic E-state index is 14.4. The number of anilines is 2. The molecule has 7 nitrogen and oxygen atoms in total. The lowest BCUT2D eigenvalue weighted by Gasteiger charge is -2.29. The van der Waals surface area contributed by atoms with Gasteiger partial charge in [-0.2, -0.15) is 0 Å². The summed E-state index contributed by atoms with van der Waals surface area (Å²) < 4.78 is 14.4. The number of nitrogens with zero attached hydrogens (tertiary/aromatic N) is 2. The Morgan fingerprint density at radius 1 is 0.839 bits per heavy atom. The Kier molecular flexibility index (Phi) is 4.37. The first-order valence-electron chi connectivity index (χ1n) is 9.62. The molecule has 2 saturated heterocycles. The van der Waals surface area contributed by atoms with E-state index in [2.05, 4.69) is 0 Å². The van der Waals surface area contributed by atoms with Crippen molar-refractivity contribution < 1.29 is 29.0 Å². The van der Waals surface area contributed by atoms with Gasteiger partial charge in [-0.15, -0.1) is 0 Å². The molecule has 156 valence electrons. The van der Waals surface area contributed by atoms with Crippen LogP contribution in [-0.4, -0.2) is 28.1 Å². The molecule has 2 N–H and O–H groups in total. The van der Waals surface area contributed by atoms with Gasteiger partial charge >= 0.3 is 0 Å². The van der Waals surface area contributed by atoms with E-state index < -0.39 is 35.7 Å². The molecule has 0 spiro atoms. The summed E-state index contributed by atoms with van der Waals surface area (Å²) in [5.41, 5.74) is 0.935. The number of phenolic OH excluding ortho intramolecular Hbond substituents is 2. The number of carbonyl (C=O) groups is 2. The summed E-state index contributed by atoms with van der Waals surface area (Å²) in [6.07, 6.45) is -1.16. The number of hydrogen-bond acceptors (Lipinski definition) is 6. The van der Waals surface area contributed by atoms with E-state index in [1.807, 2.05) is 6.07 Å². The Balaban J connectivity index is 1.62. The number of halogens is 1. The summed E-state index contributed by atoms with van der Waals surface area (Å²) in [6, 6.07) is 17.9. The van der Waals surface area contributed by atoms with E-state index >= 15 is 0 Å². The second-order valence-corrected chi connectivity index (χ2v) is 7.37. The highest BCUT2D eigenvalue weighted by Crippen LogP contribution is 2.48. The molecule has 2 fully saturated rings. The molecule has 5 rings (SSSR count). The summed E-state index contributed by atoms with van der Waals surface area (Å²) in [6.45, 7) is 0. The first-order valence-corrected chi connectivity index (χ1v) is 9.62. The summed E-state index contributed by atoms with van der Waals surface area (Å²) in [5, 5.41) is 21.2. The quantitative estimate of drug-likeness (QED) is 0.499. The van der Waals surface area contributed by atoms with Gasteiger partial charge in [-0.25, -0.2) is 14.4 Å². The number of para-hydroxylation sites is 2. The van der Waals surface area contributed by atoms with E-state index in [9.17, 15) is 24.2 Å². The van der Waals surface area contributed by atoms with E-state index in [1.165, 1.54) is 35.4 Å². The molecule has 0 saturated carbocycles. The molecule has 2 aliphatic heterocycles. The highest BCUT2D eigenvalue weighted by Gasteiger charge is 2.60. The highest BCUT2D eigenvalue weighted by atomic mass is 19.1. The van der Waals surface area contributed by atoms with Crippen molar-refractivity contribution in [2.75, 3.05) is 9.96 Å². The summed E-state index contributed by atoms with van der Waals surface area (Å²) in [5.74, 6) is -3.61. The van der Waals surface area contributed by atoms with E-state index in [1.54, 1.807) is 36.4 Å². The molecule has 0 aliphatic carbocycles. The Bertz CT molecular complexity index is 1190. The number of imide groups is 1. The second kappa shape index (κ2) is 7.10. The number of aromatic hydroxyl groups is 2. The molecule has 3 aromatic rings. The normalized spacial score (nSPS) is 22.8. The SMILES string of the molecule is O=C1[C@H]2[C@@H](c3ccc(O)c(O)c3)N(c3ccccc3)O[C@H]2C(=O)N1c1ccccc1F. The maximum Gasteiger partial charge on any atom is 0.266 e. The Morgan fingerprint density at radius 2 is 1.55 bits per heavy atom. The van der Waals surface area contributed by atoms with Gasteiger partial charge in [0.1, 0.15) is 11.7 Å². The number of hydroxylamine groups is 1. The molecule has 0 aromatic heterocycles. The van der Waals surface area contributed by atoms with Crippen LogP contribution in [0.1, 0.15) is 11.6 Å². The Labute approximate surface area is 176 Å². The lowest BCUT2D eigenvalue weighted by Crippen LogP contribution is -2.37. The number of carbonyl (C=O) groups excluding carboxylic acids is 2. The van der Waals surface area contributed by atoms with Gasteiger partial charge in [-0.1, -0.05) is 36.4 Å². The first kappa shape index (κ1) is 19.1. The average Bonchev–Trinajstić information content (AvgIpc) is 3.28. The molecule has 3 aromatic carbocycles. The van der Waals surface area contributed by atoms with Crippen LogP contribution >= 0.6 is 0 Å². The Morgan fingerprint density at radius 3 is 2.26 bits per heavy atom. The smallest absolute Gasteiger partial charge is 0.266 e. The monoisotopic (exact) mass is 420 g/mol. The van der Waals surface area contributed by atoms with E-state index in [4.69, 9.17) is 4.84 Å². The largest absolute Gasteiger partial charge is 0.504 e. The van der Waals surface area contributed by atoms with Crippen LogP contribution in [0.5, 0.6) is 11.5 Å². The zero-order valence-corrected chi connectivity index (χ0v) is 16.1. The number of hydrogen-bond donors (Lipinski definition) is 2. The molecule has 3 atom stereocenters. The summed E-state index contributed by atoms with van der Waals surface area (Å²) >= 11 is 0. The van der Waals surface area contributed by atoms with Gasteiger partial charge in [-0.05, 0) is 42.0 Å². The van der Waals surface area contributed by atoms with Crippen LogP contribution in [0.3, 0.4) is 0 Å². The van der Waals surface area contributed by atoms with Gasteiger partial charge in [0, 0.05) is 0 Å². The molecule has 0 bridgehead atoms. The van der Waals surface area contributed by atoms with Crippen LogP contribution < -0.4 is 9.96 Å². The van der Waals surface area contributed by atoms with Crippen molar-refractivity contribution in [3.05, 3.63) is 84.2 Å². The van der Waals surface area contributed by atoms with Crippen molar-refractivity contribution >= 4 is 23.2 Å². The van der Waals surface area contributed by atoms with Crippen molar-refractivity contribution in [3.8, 4) is 11.5 Å². The van der Waals surface area contributed by atoms with Gasteiger partial charge in [0.2, 0.25) is 5.91 Å². The van der Waals surface area contributed by atoms with Crippen LogP contribution in [0.4, 0.5) is 15.8 Å². The summed E-state index contributed by atoms with van der Waals surface area (Å²) in [7, 11) is 0. The number of rotatable bonds is 3. The van der Waals surface area contributed by atoms with Crippen LogP contribution in [-0.2, 0) is 14.4 Å². The molecular weight excluding hydrogens is 403 g/mol. The zero-order chi connectivity index (χ0) is 21.7. The lowest BCUT2D eigenvalue weighted by molar-refractivity contribution is -0.126. The lowest BCUT2D eigenvalue weighted by atomic mass is 9.90. The van der Waals surface area contributed by atoms with Crippen molar-refractivity contribution in [1.82, 2.24) is 0 Å². The standard InChI is InChI=1S/C23H17FN2O5/c24-15-8-4-5-9-16(15)25-22(29)19-20(13-10-11-17(27)18(28)12-13)26(31-21(19)23(25)30)14-6-2-1-3-7-14/h1-12,19-21,27-28H/t19-,20+,21+/m0/s1. The van der Waals surface area contributed by atoms with E-state index in [0.29, 0.717) is 11.3 Å². The third-order valence-electron chi connectivity index (χ3n) is 5.56. The molecule has 2 heterocycles. The van der Waals surface area contributed by atoms with Gasteiger partial charge in [0.25, 0.3) is 5.91 Å². The fourth-order valence-electron chi connectivity index (χ4n) is 4.15. The first-order chi connectivity index (χ1) is 15.0. The fraction of sp³-hybridized carbons (Fsp3) is 0.130. The summed E-state index contributed by atoms with van der Waals surface area (Å²) in [4.78, 5) is 33.3. The van der Waals surface area contributed by atoms with Crippen LogP contribution in [0.2, 0.25) is 0 Å². The predicted molar refractivity (Wildman–Crippen MR) is 109 cm³/mol. The zero-order valence-electron chi connectivity index (χ0n) is 16.1. The number of fused-ring (bicyclic) bond motifs is 1. The number of benzene rings is 3. The Hall–Kier alpha value is -3.91. The molecule has 31 heavy (non-hydrogen) atoms. The molecule has 2 aliphatic rings. The topological polar surface area (TPSA) is 90.3 Å². The minimum absolute atomic E-state index is 0.130. The third-order valence-corrected chi connectivity index (χ3v) is 5.56. The maximum absolute atomic E-state index is 14.4. The minimum atomic E-state index is -1.16. The molecule has 0 unspecified atom stereocenters. The predicted octanol–water partition coefficient (Wildman–Crippen LogP) is 3.29. The average molecular weight is 420 g/mol. The van der Waals surface area contributed by atoms with Crippen molar-refractivity contribution in [1.29, 1.82) is 0 Å². The second-order valence-electron chi connectivity index (χ2n) is 7.37. The van der Waals surface area contributed by atoms with Crippen molar-refractivity contribution in [2.45, 2.75) is 12.1 Å². The van der Waals surface area contributed by atoms with Crippen molar-refractivity contribution in [2.24, 2.45) is 5.92 Å². The molecule has 2 amide bonds. The van der Waals surface area contributed by atoms with Crippen LogP contribution in [0.15, 0.2) is 72.8 Å². The van der Waals surface area contributed by atoms with Gasteiger partial charge in [0.05, 0.1) is 17.4 Å². The molecule has 0 radical (unpaired) electrons. The van der Waals surface area contributed by atoms with Crippen LogP contribution in [0.25, 0.3) is 0 Å². The third kappa shape index (κ3) is 2.91.